The van der Waals surface area contributed by atoms with Crippen molar-refractivity contribution in [2.24, 2.45) is 0 Å². The summed E-state index contributed by atoms with van der Waals surface area (Å²) in [6.45, 7) is 0. The number of anilines is 1. The summed E-state index contributed by atoms with van der Waals surface area (Å²) in [6.07, 6.45) is 0. The van der Waals surface area contributed by atoms with Gasteiger partial charge in [-0.25, -0.2) is 4.68 Å². The monoisotopic (exact) mass is 276 g/mol. The molecule has 3 rings (SSSR count). The third-order valence-electron chi connectivity index (χ3n) is 3.19. The van der Waals surface area contributed by atoms with E-state index in [1.165, 1.54) is 4.68 Å². The average Bonchev–Trinajstić information content (AvgIpc) is 2.85. The standard InChI is InChI=1S/C16H12N4O/c17-10-13-15(12-8-4-5-9-14(12)21)19-20(16(13)18)11-6-2-1-3-7-11/h1-9,21H,18H2. The van der Waals surface area contributed by atoms with Crippen LogP contribution in [0.1, 0.15) is 5.56 Å². The van der Waals surface area contributed by atoms with Crippen LogP contribution in [0.2, 0.25) is 0 Å². The Bertz CT molecular complexity index is 831. The molecule has 0 amide bonds. The van der Waals surface area contributed by atoms with Gasteiger partial charge in [-0.1, -0.05) is 30.3 Å². The lowest BCUT2D eigenvalue weighted by atomic mass is 10.1. The largest absolute Gasteiger partial charge is 0.507 e. The van der Waals surface area contributed by atoms with Crippen LogP contribution in [0.4, 0.5) is 5.82 Å². The average molecular weight is 276 g/mol. The van der Waals surface area contributed by atoms with Crippen LogP contribution in [0.25, 0.3) is 16.9 Å². The molecule has 1 heterocycles. The van der Waals surface area contributed by atoms with E-state index in [-0.39, 0.29) is 17.1 Å². The fourth-order valence-corrected chi connectivity index (χ4v) is 2.17. The summed E-state index contributed by atoms with van der Waals surface area (Å²) in [6, 6.07) is 18.1. The number of aromatic hydroxyl groups is 1. The minimum Gasteiger partial charge on any atom is -0.507 e. The minimum absolute atomic E-state index is 0.0618. The van der Waals surface area contributed by atoms with E-state index >= 15 is 0 Å². The maximum absolute atomic E-state index is 9.96. The molecule has 0 saturated carbocycles. The first-order valence-electron chi connectivity index (χ1n) is 6.34. The van der Waals surface area contributed by atoms with E-state index in [0.29, 0.717) is 11.3 Å². The van der Waals surface area contributed by atoms with E-state index in [0.717, 1.165) is 5.69 Å². The van der Waals surface area contributed by atoms with Crippen molar-refractivity contribution < 1.29 is 5.11 Å². The van der Waals surface area contributed by atoms with Gasteiger partial charge in [0, 0.05) is 5.56 Å². The quantitative estimate of drug-likeness (QED) is 0.753. The zero-order chi connectivity index (χ0) is 14.8. The number of nitrogen functional groups attached to an aromatic ring is 1. The molecule has 0 unspecified atom stereocenters. The highest BCUT2D eigenvalue weighted by Crippen LogP contribution is 2.33. The number of nitriles is 1. The SMILES string of the molecule is N#Cc1c(-c2ccccc2O)nn(-c2ccccc2)c1N. The summed E-state index contributed by atoms with van der Waals surface area (Å²) in [4.78, 5) is 0. The van der Waals surface area contributed by atoms with Crippen LogP contribution < -0.4 is 5.73 Å². The summed E-state index contributed by atoms with van der Waals surface area (Å²) in [5, 5.41) is 23.7. The van der Waals surface area contributed by atoms with Crippen molar-refractivity contribution in [1.29, 1.82) is 5.26 Å². The molecule has 5 nitrogen and oxygen atoms in total. The fraction of sp³-hybridized carbons (Fsp3) is 0. The summed E-state index contributed by atoms with van der Waals surface area (Å²) < 4.78 is 1.50. The minimum atomic E-state index is 0.0618. The first kappa shape index (κ1) is 12.8. The summed E-state index contributed by atoms with van der Waals surface area (Å²) in [5.74, 6) is 0.314. The van der Waals surface area contributed by atoms with Gasteiger partial charge in [0.05, 0.1) is 5.69 Å². The highest BCUT2D eigenvalue weighted by Gasteiger charge is 2.19. The molecule has 102 valence electrons. The lowest BCUT2D eigenvalue weighted by molar-refractivity contribution is 0.477. The highest BCUT2D eigenvalue weighted by atomic mass is 16.3. The van der Waals surface area contributed by atoms with Gasteiger partial charge in [0.1, 0.15) is 28.9 Å². The number of phenolic OH excluding ortho intramolecular Hbond substituents is 1. The van der Waals surface area contributed by atoms with Gasteiger partial charge in [-0.15, -0.1) is 0 Å². The van der Waals surface area contributed by atoms with E-state index in [9.17, 15) is 10.4 Å². The Morgan fingerprint density at radius 3 is 2.38 bits per heavy atom. The molecule has 0 aliphatic heterocycles. The van der Waals surface area contributed by atoms with Gasteiger partial charge in [0.15, 0.2) is 0 Å². The summed E-state index contributed by atoms with van der Waals surface area (Å²) >= 11 is 0. The second-order valence-electron chi connectivity index (χ2n) is 4.49. The van der Waals surface area contributed by atoms with Gasteiger partial charge < -0.3 is 10.8 Å². The Morgan fingerprint density at radius 2 is 1.71 bits per heavy atom. The molecule has 5 heteroatoms. The van der Waals surface area contributed by atoms with Gasteiger partial charge in [-0.2, -0.15) is 10.4 Å². The number of phenols is 1. The lowest BCUT2D eigenvalue weighted by Crippen LogP contribution is -2.01. The number of benzene rings is 2. The van der Waals surface area contributed by atoms with Crippen LogP contribution in [0, 0.1) is 11.3 Å². The normalized spacial score (nSPS) is 10.2. The van der Waals surface area contributed by atoms with Crippen LogP contribution in [-0.4, -0.2) is 14.9 Å². The van der Waals surface area contributed by atoms with Crippen LogP contribution in [0.3, 0.4) is 0 Å². The number of hydrogen-bond donors (Lipinski definition) is 2. The second-order valence-corrected chi connectivity index (χ2v) is 4.49. The molecular formula is C16H12N4O. The van der Waals surface area contributed by atoms with Gasteiger partial charge in [-0.05, 0) is 24.3 Å². The molecule has 2 aromatic carbocycles. The van der Waals surface area contributed by atoms with Crippen LogP contribution in [0.5, 0.6) is 5.75 Å². The van der Waals surface area contributed by atoms with Gasteiger partial charge in [0.25, 0.3) is 0 Å². The molecule has 3 aromatic rings. The third-order valence-corrected chi connectivity index (χ3v) is 3.19. The van der Waals surface area contributed by atoms with Gasteiger partial charge in [0.2, 0.25) is 0 Å². The molecule has 0 spiro atoms. The molecule has 0 fully saturated rings. The zero-order valence-corrected chi connectivity index (χ0v) is 11.1. The Morgan fingerprint density at radius 1 is 1.05 bits per heavy atom. The van der Waals surface area contributed by atoms with Crippen molar-refractivity contribution in [1.82, 2.24) is 9.78 Å². The highest BCUT2D eigenvalue weighted by molar-refractivity contribution is 5.77. The molecule has 21 heavy (non-hydrogen) atoms. The summed E-state index contributed by atoms with van der Waals surface area (Å²) in [7, 11) is 0. The van der Waals surface area contributed by atoms with E-state index < -0.39 is 0 Å². The molecule has 0 saturated heterocycles. The van der Waals surface area contributed by atoms with Crippen molar-refractivity contribution in [3.63, 3.8) is 0 Å². The first-order valence-corrected chi connectivity index (χ1v) is 6.34. The van der Waals surface area contributed by atoms with E-state index in [2.05, 4.69) is 11.2 Å². The maximum Gasteiger partial charge on any atom is 0.145 e. The molecule has 0 radical (unpaired) electrons. The van der Waals surface area contributed by atoms with Gasteiger partial charge in [-0.3, -0.25) is 0 Å². The van der Waals surface area contributed by atoms with Crippen LogP contribution >= 0.6 is 0 Å². The van der Waals surface area contributed by atoms with Crippen molar-refractivity contribution in [3.05, 3.63) is 60.2 Å². The Kier molecular flexibility index (Phi) is 3.05. The number of nitrogens with two attached hydrogens (primary N) is 1. The second kappa shape index (κ2) is 5.02. The topological polar surface area (TPSA) is 87.9 Å². The number of aromatic nitrogens is 2. The predicted octanol–water partition coefficient (Wildman–Crippen LogP) is 2.70. The third kappa shape index (κ3) is 2.09. The summed E-state index contributed by atoms with van der Waals surface area (Å²) in [5.41, 5.74) is 7.89. The first-order chi connectivity index (χ1) is 10.2. The van der Waals surface area contributed by atoms with Crippen molar-refractivity contribution in [2.45, 2.75) is 0 Å². The van der Waals surface area contributed by atoms with Crippen molar-refractivity contribution in [3.8, 4) is 28.8 Å². The molecule has 1 aromatic heterocycles. The zero-order valence-electron chi connectivity index (χ0n) is 11.1. The van der Waals surface area contributed by atoms with Crippen LogP contribution in [0.15, 0.2) is 54.6 Å². The predicted molar refractivity (Wildman–Crippen MR) is 79.8 cm³/mol. The van der Waals surface area contributed by atoms with Gasteiger partial charge >= 0.3 is 0 Å². The number of para-hydroxylation sites is 2. The molecule has 0 aliphatic rings. The van der Waals surface area contributed by atoms with Crippen molar-refractivity contribution >= 4 is 5.82 Å². The molecule has 0 aliphatic carbocycles. The maximum atomic E-state index is 9.96. The van der Waals surface area contributed by atoms with E-state index in [1.807, 2.05) is 30.3 Å². The van der Waals surface area contributed by atoms with Crippen molar-refractivity contribution in [2.75, 3.05) is 5.73 Å². The molecule has 3 N–H and O–H groups in total. The fourth-order valence-electron chi connectivity index (χ4n) is 2.17. The molecule has 0 atom stereocenters. The Labute approximate surface area is 121 Å². The van der Waals surface area contributed by atoms with E-state index in [4.69, 9.17) is 5.73 Å². The number of rotatable bonds is 2. The Balaban J connectivity index is 2.25. The Hall–Kier alpha value is -3.26. The van der Waals surface area contributed by atoms with Crippen LogP contribution in [-0.2, 0) is 0 Å². The number of hydrogen-bond acceptors (Lipinski definition) is 4. The molecule has 0 bridgehead atoms. The number of nitrogens with zero attached hydrogens (tertiary/aromatic N) is 3. The smallest absolute Gasteiger partial charge is 0.145 e. The molecular weight excluding hydrogens is 264 g/mol. The van der Waals surface area contributed by atoms with E-state index in [1.54, 1.807) is 24.3 Å². The lowest BCUT2D eigenvalue weighted by Gasteiger charge is -2.02.